The Labute approximate surface area is 117 Å². The Morgan fingerprint density at radius 1 is 1.40 bits per heavy atom. The zero-order valence-corrected chi connectivity index (χ0v) is 11.5. The Morgan fingerprint density at radius 2 is 2.15 bits per heavy atom. The first-order valence-electron chi connectivity index (χ1n) is 6.56. The summed E-state index contributed by atoms with van der Waals surface area (Å²) in [5, 5.41) is 14.0. The Bertz CT molecular complexity index is 461. The molecule has 0 saturated carbocycles. The lowest BCUT2D eigenvalue weighted by Crippen LogP contribution is -2.39. The Hall–Kier alpha value is -1.86. The molecular weight excluding hydrogens is 262 g/mol. The van der Waals surface area contributed by atoms with Gasteiger partial charge >= 0.3 is 0 Å². The summed E-state index contributed by atoms with van der Waals surface area (Å²) in [6, 6.07) is 4.68. The fraction of sp³-hybridized carbons (Fsp3) is 0.538. The Morgan fingerprint density at radius 3 is 2.80 bits per heavy atom. The summed E-state index contributed by atoms with van der Waals surface area (Å²) in [6.45, 7) is 5.01. The first-order chi connectivity index (χ1) is 9.69. The van der Waals surface area contributed by atoms with Crippen molar-refractivity contribution in [3.8, 4) is 5.75 Å². The number of rotatable bonds is 6. The number of non-ortho nitro benzene ring substituents is 1. The monoisotopic (exact) mass is 281 g/mol. The molecule has 20 heavy (non-hydrogen) atoms. The van der Waals surface area contributed by atoms with Crippen LogP contribution >= 0.6 is 0 Å². The van der Waals surface area contributed by atoms with E-state index in [0.717, 1.165) is 39.4 Å². The van der Waals surface area contributed by atoms with Crippen molar-refractivity contribution in [1.29, 1.82) is 0 Å². The molecule has 0 unspecified atom stereocenters. The standard InChI is InChI=1S/C13H19N3O4/c1-19-13-9-11(8-12(10-13)16(17)18)14-2-3-15-4-6-20-7-5-15/h8-10,14H,2-7H2,1H3. The molecule has 0 spiro atoms. The van der Waals surface area contributed by atoms with E-state index in [2.05, 4.69) is 10.2 Å². The van der Waals surface area contributed by atoms with E-state index in [9.17, 15) is 10.1 Å². The average molecular weight is 281 g/mol. The number of methoxy groups -OCH3 is 1. The van der Waals surface area contributed by atoms with Crippen LogP contribution in [0.4, 0.5) is 11.4 Å². The maximum absolute atomic E-state index is 10.8. The van der Waals surface area contributed by atoms with Crippen LogP contribution in [0.2, 0.25) is 0 Å². The molecule has 1 N–H and O–H groups in total. The smallest absolute Gasteiger partial charge is 0.275 e. The number of benzene rings is 1. The van der Waals surface area contributed by atoms with Crippen LogP contribution in [0.3, 0.4) is 0 Å². The Kier molecular flexibility index (Phi) is 5.14. The van der Waals surface area contributed by atoms with Gasteiger partial charge in [0.1, 0.15) is 5.75 Å². The van der Waals surface area contributed by atoms with E-state index in [1.807, 2.05) is 0 Å². The zero-order chi connectivity index (χ0) is 14.4. The number of hydrogen-bond acceptors (Lipinski definition) is 6. The second kappa shape index (κ2) is 7.06. The maximum atomic E-state index is 10.8. The molecule has 1 aliphatic heterocycles. The molecule has 0 amide bonds. The van der Waals surface area contributed by atoms with Gasteiger partial charge in [0.05, 0.1) is 31.3 Å². The van der Waals surface area contributed by atoms with Gasteiger partial charge in [-0.3, -0.25) is 15.0 Å². The lowest BCUT2D eigenvalue weighted by molar-refractivity contribution is -0.384. The van der Waals surface area contributed by atoms with Gasteiger partial charge in [-0.2, -0.15) is 0 Å². The average Bonchev–Trinajstić information content (AvgIpc) is 2.48. The minimum absolute atomic E-state index is 0.0261. The van der Waals surface area contributed by atoms with Gasteiger partial charge in [0.2, 0.25) is 0 Å². The number of nitrogens with one attached hydrogen (secondary N) is 1. The van der Waals surface area contributed by atoms with Crippen molar-refractivity contribution >= 4 is 11.4 Å². The highest BCUT2D eigenvalue weighted by atomic mass is 16.6. The quantitative estimate of drug-likeness (QED) is 0.626. The normalized spacial score (nSPS) is 15.8. The summed E-state index contributed by atoms with van der Waals surface area (Å²) in [5.74, 6) is 0.480. The highest BCUT2D eigenvalue weighted by molar-refractivity contribution is 5.56. The molecule has 0 bridgehead atoms. The van der Waals surface area contributed by atoms with Crippen LogP contribution in [0.1, 0.15) is 0 Å². The van der Waals surface area contributed by atoms with Crippen LogP contribution in [0, 0.1) is 10.1 Å². The molecule has 1 aromatic rings. The summed E-state index contributed by atoms with van der Waals surface area (Å²) in [6.07, 6.45) is 0. The zero-order valence-electron chi connectivity index (χ0n) is 11.5. The number of nitro benzene ring substituents is 1. The number of hydrogen-bond donors (Lipinski definition) is 1. The minimum Gasteiger partial charge on any atom is -0.496 e. The fourth-order valence-corrected chi connectivity index (χ4v) is 2.09. The van der Waals surface area contributed by atoms with Crippen LogP contribution in [0.5, 0.6) is 5.75 Å². The Balaban J connectivity index is 1.91. The molecule has 0 atom stereocenters. The molecule has 0 aliphatic carbocycles. The largest absolute Gasteiger partial charge is 0.496 e. The minimum atomic E-state index is -0.421. The predicted octanol–water partition coefficient (Wildman–Crippen LogP) is 1.35. The van der Waals surface area contributed by atoms with E-state index in [0.29, 0.717) is 11.4 Å². The van der Waals surface area contributed by atoms with E-state index in [-0.39, 0.29) is 5.69 Å². The van der Waals surface area contributed by atoms with Gasteiger partial charge in [0.15, 0.2) is 0 Å². The number of nitrogens with zero attached hydrogens (tertiary/aromatic N) is 2. The third-order valence-electron chi connectivity index (χ3n) is 3.20. The lowest BCUT2D eigenvalue weighted by Gasteiger charge is -2.26. The van der Waals surface area contributed by atoms with Crippen molar-refractivity contribution in [2.75, 3.05) is 51.8 Å². The van der Waals surface area contributed by atoms with Gasteiger partial charge in [0, 0.05) is 44.0 Å². The molecule has 7 heteroatoms. The summed E-state index contributed by atoms with van der Waals surface area (Å²) in [4.78, 5) is 12.7. The predicted molar refractivity (Wildman–Crippen MR) is 75.4 cm³/mol. The van der Waals surface area contributed by atoms with Gasteiger partial charge in [-0.15, -0.1) is 0 Å². The molecule has 0 aromatic heterocycles. The first-order valence-corrected chi connectivity index (χ1v) is 6.56. The highest BCUT2D eigenvalue weighted by Crippen LogP contribution is 2.25. The molecule has 1 fully saturated rings. The third-order valence-corrected chi connectivity index (χ3v) is 3.20. The molecular formula is C13H19N3O4. The highest BCUT2D eigenvalue weighted by Gasteiger charge is 2.12. The topological polar surface area (TPSA) is 76.9 Å². The third kappa shape index (κ3) is 4.07. The SMILES string of the molecule is COc1cc(NCCN2CCOCC2)cc([N+](=O)[O-])c1. The van der Waals surface area contributed by atoms with Crippen molar-refractivity contribution in [2.45, 2.75) is 0 Å². The van der Waals surface area contributed by atoms with Crippen molar-refractivity contribution in [2.24, 2.45) is 0 Å². The van der Waals surface area contributed by atoms with E-state index >= 15 is 0 Å². The summed E-state index contributed by atoms with van der Waals surface area (Å²) in [7, 11) is 1.50. The molecule has 110 valence electrons. The summed E-state index contributed by atoms with van der Waals surface area (Å²) < 4.78 is 10.4. The molecule has 1 saturated heterocycles. The van der Waals surface area contributed by atoms with Crippen LogP contribution in [-0.4, -0.2) is 56.3 Å². The molecule has 1 aliphatic rings. The summed E-state index contributed by atoms with van der Waals surface area (Å²) >= 11 is 0. The number of ether oxygens (including phenoxy) is 2. The van der Waals surface area contributed by atoms with Crippen molar-refractivity contribution in [3.05, 3.63) is 28.3 Å². The molecule has 0 radical (unpaired) electrons. The second-order valence-corrected chi connectivity index (χ2v) is 4.56. The fourth-order valence-electron chi connectivity index (χ4n) is 2.09. The van der Waals surface area contributed by atoms with Gasteiger partial charge in [-0.25, -0.2) is 0 Å². The molecule has 2 rings (SSSR count). The van der Waals surface area contributed by atoms with E-state index in [4.69, 9.17) is 9.47 Å². The van der Waals surface area contributed by atoms with E-state index < -0.39 is 4.92 Å². The van der Waals surface area contributed by atoms with E-state index in [1.54, 1.807) is 6.07 Å². The first kappa shape index (κ1) is 14.5. The number of morpholine rings is 1. The van der Waals surface area contributed by atoms with Gasteiger partial charge in [0.25, 0.3) is 5.69 Å². The van der Waals surface area contributed by atoms with E-state index in [1.165, 1.54) is 19.2 Å². The maximum Gasteiger partial charge on any atom is 0.275 e. The van der Waals surface area contributed by atoms with Gasteiger partial charge < -0.3 is 14.8 Å². The van der Waals surface area contributed by atoms with Crippen LogP contribution < -0.4 is 10.1 Å². The van der Waals surface area contributed by atoms with Crippen LogP contribution in [0.25, 0.3) is 0 Å². The van der Waals surface area contributed by atoms with Crippen molar-refractivity contribution in [3.63, 3.8) is 0 Å². The van der Waals surface area contributed by atoms with Crippen molar-refractivity contribution in [1.82, 2.24) is 4.90 Å². The lowest BCUT2D eigenvalue weighted by atomic mass is 10.2. The van der Waals surface area contributed by atoms with Gasteiger partial charge in [-0.1, -0.05) is 0 Å². The second-order valence-electron chi connectivity index (χ2n) is 4.56. The molecule has 1 aromatic carbocycles. The van der Waals surface area contributed by atoms with Gasteiger partial charge in [-0.05, 0) is 0 Å². The van der Waals surface area contributed by atoms with Crippen molar-refractivity contribution < 1.29 is 14.4 Å². The number of anilines is 1. The number of nitro groups is 1. The van der Waals surface area contributed by atoms with Crippen LogP contribution in [-0.2, 0) is 4.74 Å². The molecule has 1 heterocycles. The summed E-state index contributed by atoms with van der Waals surface area (Å²) in [5.41, 5.74) is 0.725. The molecule has 7 nitrogen and oxygen atoms in total. The van der Waals surface area contributed by atoms with Crippen LogP contribution in [0.15, 0.2) is 18.2 Å².